The topological polar surface area (TPSA) is 123 Å². The summed E-state index contributed by atoms with van der Waals surface area (Å²) in [5.74, 6) is 0.289. The maximum atomic E-state index is 11.5. The summed E-state index contributed by atoms with van der Waals surface area (Å²) in [6.45, 7) is 14.9. The van der Waals surface area contributed by atoms with Crippen molar-refractivity contribution in [3.63, 3.8) is 0 Å². The van der Waals surface area contributed by atoms with Gasteiger partial charge in [0.05, 0.1) is 5.60 Å². The minimum absolute atomic E-state index is 0. The van der Waals surface area contributed by atoms with E-state index in [1.165, 1.54) is 12.8 Å². The molecule has 3 aliphatic rings. The average Bonchev–Trinajstić information content (AvgIpc) is 3.29. The molecule has 9 nitrogen and oxygen atoms in total. The number of nitrogens with one attached hydrogen (secondary N) is 2. The largest absolute Gasteiger partial charge is 2.00 e. The molecule has 2 aliphatic carbocycles. The molecule has 2 saturated carbocycles. The van der Waals surface area contributed by atoms with Crippen molar-refractivity contribution in [1.82, 2.24) is 10.6 Å². The van der Waals surface area contributed by atoms with Crippen molar-refractivity contribution in [3.8, 4) is 0 Å². The maximum Gasteiger partial charge on any atom is 2.00 e. The zero-order chi connectivity index (χ0) is 27.4. The van der Waals surface area contributed by atoms with Crippen molar-refractivity contribution in [2.45, 2.75) is 142 Å². The summed E-state index contributed by atoms with van der Waals surface area (Å²) in [4.78, 5) is 33.9. The van der Waals surface area contributed by atoms with Gasteiger partial charge in [-0.15, -0.1) is 0 Å². The van der Waals surface area contributed by atoms with Gasteiger partial charge in [-0.05, 0) is 99.8 Å². The van der Waals surface area contributed by atoms with Gasteiger partial charge in [0.1, 0.15) is 17.0 Å². The number of aliphatic hydroxyl groups is 1. The number of amides is 2. The van der Waals surface area contributed by atoms with Crippen LogP contribution in [0.4, 0.5) is 9.59 Å². The Morgan fingerprint density at radius 3 is 1.51 bits per heavy atom. The van der Waals surface area contributed by atoms with Crippen LogP contribution in [-0.4, -0.2) is 88.2 Å². The van der Waals surface area contributed by atoms with Crippen molar-refractivity contribution < 1.29 is 50.7 Å². The predicted octanol–water partition coefficient (Wildman–Crippen LogP) is 2.10. The van der Waals surface area contributed by atoms with Gasteiger partial charge in [-0.3, -0.25) is 4.79 Å². The fourth-order valence-electron chi connectivity index (χ4n) is 3.93. The normalized spacial score (nSPS) is 23.0. The Morgan fingerprint density at radius 1 is 0.846 bits per heavy atom. The van der Waals surface area contributed by atoms with Crippen LogP contribution in [0.1, 0.15) is 113 Å². The molecular formula is C28H53BrMgN2O7. The molecule has 39 heavy (non-hydrogen) atoms. The van der Waals surface area contributed by atoms with E-state index < -0.39 is 16.8 Å². The van der Waals surface area contributed by atoms with Gasteiger partial charge in [0, 0.05) is 38.1 Å². The summed E-state index contributed by atoms with van der Waals surface area (Å²) in [6, 6.07) is 0.229. The van der Waals surface area contributed by atoms with E-state index in [1.54, 1.807) is 0 Å². The van der Waals surface area contributed by atoms with Crippen molar-refractivity contribution in [2.75, 3.05) is 13.2 Å². The van der Waals surface area contributed by atoms with Crippen molar-refractivity contribution in [2.24, 2.45) is 0 Å². The average molecular weight is 634 g/mol. The number of ether oxygens (including phenoxy) is 3. The van der Waals surface area contributed by atoms with Gasteiger partial charge in [0.25, 0.3) is 0 Å². The summed E-state index contributed by atoms with van der Waals surface area (Å²) in [6.07, 6.45) is 7.50. The zero-order valence-corrected chi connectivity index (χ0v) is 28.6. The third kappa shape index (κ3) is 23.8. The number of carbonyl (C=O) groups is 3. The summed E-state index contributed by atoms with van der Waals surface area (Å²) in [7, 11) is 0. The monoisotopic (exact) mass is 632 g/mol. The van der Waals surface area contributed by atoms with E-state index in [4.69, 9.17) is 14.2 Å². The molecule has 0 spiro atoms. The first-order valence-corrected chi connectivity index (χ1v) is 13.4. The van der Waals surface area contributed by atoms with Crippen molar-refractivity contribution in [3.05, 3.63) is 7.43 Å². The Hall–Kier alpha value is -0.624. The second kappa shape index (κ2) is 20.3. The Morgan fingerprint density at radius 2 is 1.21 bits per heavy atom. The first-order chi connectivity index (χ1) is 16.5. The van der Waals surface area contributed by atoms with Crippen LogP contribution in [0.15, 0.2) is 0 Å². The summed E-state index contributed by atoms with van der Waals surface area (Å²) >= 11 is 0. The molecule has 3 N–H and O–H groups in total. The van der Waals surface area contributed by atoms with E-state index in [0.717, 1.165) is 51.7 Å². The molecular weight excluding hydrogens is 581 g/mol. The molecule has 0 radical (unpaired) electrons. The number of hydrogen-bond donors (Lipinski definition) is 3. The number of halogens is 1. The number of hydrogen-bond acceptors (Lipinski definition) is 7. The van der Waals surface area contributed by atoms with E-state index in [-0.39, 0.29) is 77.5 Å². The van der Waals surface area contributed by atoms with E-state index in [2.05, 4.69) is 10.6 Å². The molecule has 0 atom stereocenters. The van der Waals surface area contributed by atoms with Gasteiger partial charge >= 0.3 is 35.2 Å². The molecule has 3 rings (SSSR count). The molecule has 1 aliphatic heterocycles. The maximum absolute atomic E-state index is 11.5. The minimum atomic E-state index is -0.563. The van der Waals surface area contributed by atoms with Crippen LogP contribution in [0.5, 0.6) is 0 Å². The SMILES string of the molecule is C1CCOC1.CC(C)(C)OC(=O)NC1CCC(=O)CC1.CC1(O)CCC(NC(=O)OC(C)(C)C)CC1.[Br-].[CH3-].[Mg+2]. The number of rotatable bonds is 2. The van der Waals surface area contributed by atoms with Crippen LogP contribution in [0.3, 0.4) is 0 Å². The fraction of sp³-hybridized carbons (Fsp3) is 0.857. The van der Waals surface area contributed by atoms with Gasteiger partial charge in [-0.1, -0.05) is 0 Å². The first-order valence-electron chi connectivity index (χ1n) is 13.4. The minimum Gasteiger partial charge on any atom is -1.00 e. The smallest absolute Gasteiger partial charge is 1.00 e. The number of Topliss-reactive ketones (excluding diaryl/α,β-unsaturated/α-hetero) is 1. The van der Waals surface area contributed by atoms with E-state index in [9.17, 15) is 19.5 Å². The first kappa shape index (κ1) is 42.8. The Balaban J connectivity index is -0.000000528. The zero-order valence-electron chi connectivity index (χ0n) is 25.6. The van der Waals surface area contributed by atoms with Gasteiger partial charge in [0.2, 0.25) is 0 Å². The molecule has 0 aromatic heterocycles. The number of alkyl carbamates (subject to hydrolysis) is 2. The van der Waals surface area contributed by atoms with Crippen LogP contribution in [0.25, 0.3) is 0 Å². The number of ketones is 1. The van der Waals surface area contributed by atoms with Crippen LogP contribution in [0.2, 0.25) is 0 Å². The predicted molar refractivity (Wildman–Crippen MR) is 151 cm³/mol. The fourth-order valence-corrected chi connectivity index (χ4v) is 3.93. The third-order valence-corrected chi connectivity index (χ3v) is 5.88. The summed E-state index contributed by atoms with van der Waals surface area (Å²) in [5, 5.41) is 15.4. The van der Waals surface area contributed by atoms with Crippen molar-refractivity contribution in [1.29, 1.82) is 0 Å². The second-order valence-corrected chi connectivity index (χ2v) is 12.2. The molecule has 0 aromatic rings. The van der Waals surface area contributed by atoms with E-state index in [0.29, 0.717) is 12.8 Å². The standard InChI is InChI=1S/C12H23NO3.C11H19NO3.C4H8O.CH3.BrH.Mg/c1-11(2,3)16-10(14)13-9-5-7-12(4,15)8-6-9;1-11(2,3)15-10(14)12-8-4-6-9(13)7-5-8;1-2-4-5-3-1;;;/h9,15H,5-8H2,1-4H3,(H,13,14);8H,4-7H2,1-3H3,(H,12,14);1-4H2;1H3;1H;/q;;;-1;;+2/p-1. The van der Waals surface area contributed by atoms with Gasteiger partial charge in [0.15, 0.2) is 0 Å². The number of carbonyl (C=O) groups excluding carboxylic acids is 3. The molecule has 226 valence electrons. The van der Waals surface area contributed by atoms with Gasteiger partial charge in [-0.2, -0.15) is 0 Å². The van der Waals surface area contributed by atoms with Gasteiger partial charge in [-0.25, -0.2) is 9.59 Å². The third-order valence-electron chi connectivity index (χ3n) is 5.88. The quantitative estimate of drug-likeness (QED) is 0.315. The molecule has 11 heteroatoms. The van der Waals surface area contributed by atoms with Crippen LogP contribution < -0.4 is 27.6 Å². The molecule has 0 bridgehead atoms. The summed E-state index contributed by atoms with van der Waals surface area (Å²) < 4.78 is 15.3. The molecule has 3 fully saturated rings. The van der Waals surface area contributed by atoms with Crippen molar-refractivity contribution >= 4 is 41.0 Å². The molecule has 0 aromatic carbocycles. The van der Waals surface area contributed by atoms with Crippen LogP contribution in [-0.2, 0) is 19.0 Å². The molecule has 1 heterocycles. The van der Waals surface area contributed by atoms with E-state index >= 15 is 0 Å². The van der Waals surface area contributed by atoms with Crippen LogP contribution in [0, 0.1) is 7.43 Å². The Bertz CT molecular complexity index is 677. The van der Waals surface area contributed by atoms with Crippen LogP contribution >= 0.6 is 0 Å². The Labute approximate surface area is 263 Å². The molecule has 1 saturated heterocycles. The molecule has 2 amide bonds. The summed E-state index contributed by atoms with van der Waals surface area (Å²) in [5.41, 5.74) is -1.48. The van der Waals surface area contributed by atoms with E-state index in [1.807, 2.05) is 48.5 Å². The molecule has 0 unspecified atom stereocenters. The second-order valence-electron chi connectivity index (χ2n) is 12.2. The Kier molecular flexibility index (Phi) is 22.3. The van der Waals surface area contributed by atoms with Gasteiger partial charge < -0.3 is 54.4 Å².